The first-order valence-corrected chi connectivity index (χ1v) is 8.36. The lowest BCUT2D eigenvalue weighted by Crippen LogP contribution is -2.37. The Hall–Kier alpha value is -2.08. The van der Waals surface area contributed by atoms with E-state index in [1.54, 1.807) is 0 Å². The molecule has 0 bridgehead atoms. The minimum atomic E-state index is -0.154. The van der Waals surface area contributed by atoms with Gasteiger partial charge in [0, 0.05) is 17.0 Å². The van der Waals surface area contributed by atoms with Crippen LogP contribution in [0.25, 0.3) is 0 Å². The first-order chi connectivity index (χ1) is 11.4. The number of aromatic nitrogens is 2. The zero-order valence-electron chi connectivity index (χ0n) is 14.6. The van der Waals surface area contributed by atoms with Crippen molar-refractivity contribution in [2.75, 3.05) is 6.54 Å². The molecule has 0 amide bonds. The number of rotatable bonds is 5. The molecular formula is C17H24ClN5O. The first kappa shape index (κ1) is 18.3. The van der Waals surface area contributed by atoms with Crippen molar-refractivity contribution in [1.82, 2.24) is 20.8 Å². The maximum absolute atomic E-state index is 5.89. The van der Waals surface area contributed by atoms with E-state index in [0.717, 1.165) is 17.1 Å². The van der Waals surface area contributed by atoms with Gasteiger partial charge in [0.1, 0.15) is 0 Å². The van der Waals surface area contributed by atoms with Crippen molar-refractivity contribution >= 4 is 17.6 Å². The fraction of sp³-hybridized carbons (Fsp3) is 0.471. The molecule has 0 spiro atoms. The van der Waals surface area contributed by atoms with Crippen molar-refractivity contribution in [3.05, 3.63) is 46.6 Å². The lowest BCUT2D eigenvalue weighted by molar-refractivity contribution is 0.318. The summed E-state index contributed by atoms with van der Waals surface area (Å²) in [6.45, 7) is 9.91. The van der Waals surface area contributed by atoms with Gasteiger partial charge in [0.05, 0.1) is 13.1 Å². The van der Waals surface area contributed by atoms with E-state index in [0.29, 0.717) is 30.8 Å². The highest BCUT2D eigenvalue weighted by Crippen LogP contribution is 2.19. The maximum atomic E-state index is 5.89. The van der Waals surface area contributed by atoms with Gasteiger partial charge in [0.2, 0.25) is 5.89 Å². The smallest absolute Gasteiger partial charge is 0.232 e. The molecule has 0 atom stereocenters. The Kier molecular flexibility index (Phi) is 6.20. The number of nitrogens with zero attached hydrogens (tertiary/aromatic N) is 3. The number of guanidine groups is 1. The summed E-state index contributed by atoms with van der Waals surface area (Å²) in [5.74, 6) is 1.94. The van der Waals surface area contributed by atoms with E-state index < -0.39 is 0 Å². The highest BCUT2D eigenvalue weighted by Gasteiger charge is 2.21. The third kappa shape index (κ3) is 5.53. The van der Waals surface area contributed by atoms with Gasteiger partial charge >= 0.3 is 0 Å². The van der Waals surface area contributed by atoms with Crippen LogP contribution in [0.2, 0.25) is 5.02 Å². The van der Waals surface area contributed by atoms with Crippen molar-refractivity contribution in [3.8, 4) is 0 Å². The number of benzene rings is 1. The van der Waals surface area contributed by atoms with Gasteiger partial charge in [-0.15, -0.1) is 0 Å². The third-order valence-corrected chi connectivity index (χ3v) is 3.45. The van der Waals surface area contributed by atoms with E-state index in [4.69, 9.17) is 16.1 Å². The van der Waals surface area contributed by atoms with Crippen LogP contribution in [0.5, 0.6) is 0 Å². The Morgan fingerprint density at radius 1 is 1.21 bits per heavy atom. The van der Waals surface area contributed by atoms with Gasteiger partial charge in [-0.3, -0.25) is 0 Å². The Labute approximate surface area is 147 Å². The van der Waals surface area contributed by atoms with E-state index in [2.05, 4.69) is 25.8 Å². The van der Waals surface area contributed by atoms with Crippen LogP contribution in [0.4, 0.5) is 0 Å². The van der Waals surface area contributed by atoms with Crippen molar-refractivity contribution in [1.29, 1.82) is 0 Å². The Morgan fingerprint density at radius 2 is 1.92 bits per heavy atom. The van der Waals surface area contributed by atoms with Crippen LogP contribution in [0, 0.1) is 0 Å². The summed E-state index contributed by atoms with van der Waals surface area (Å²) in [6.07, 6.45) is 0. The predicted octanol–water partition coefficient (Wildman–Crippen LogP) is 3.28. The van der Waals surface area contributed by atoms with Crippen LogP contribution in [-0.2, 0) is 18.5 Å². The largest absolute Gasteiger partial charge is 0.357 e. The fourth-order valence-corrected chi connectivity index (χ4v) is 2.02. The van der Waals surface area contributed by atoms with Gasteiger partial charge in [-0.05, 0) is 24.6 Å². The number of halogens is 1. The van der Waals surface area contributed by atoms with Crippen LogP contribution in [0.3, 0.4) is 0 Å². The fourth-order valence-electron chi connectivity index (χ4n) is 1.90. The van der Waals surface area contributed by atoms with Crippen molar-refractivity contribution in [3.63, 3.8) is 0 Å². The second-order valence-corrected chi connectivity index (χ2v) is 6.88. The molecule has 0 saturated carbocycles. The summed E-state index contributed by atoms with van der Waals surface area (Å²) in [4.78, 5) is 8.95. The zero-order valence-corrected chi connectivity index (χ0v) is 15.3. The van der Waals surface area contributed by atoms with Gasteiger partial charge in [0.15, 0.2) is 11.8 Å². The van der Waals surface area contributed by atoms with E-state index in [1.165, 1.54) is 0 Å². The topological polar surface area (TPSA) is 75.3 Å². The number of hydrogen-bond acceptors (Lipinski definition) is 4. The molecule has 0 unspecified atom stereocenters. The Morgan fingerprint density at radius 3 is 2.50 bits per heavy atom. The summed E-state index contributed by atoms with van der Waals surface area (Å²) in [5.41, 5.74) is 0.935. The molecule has 2 aromatic rings. The molecule has 1 aromatic carbocycles. The lowest BCUT2D eigenvalue weighted by Gasteiger charge is -2.11. The minimum absolute atomic E-state index is 0.154. The molecule has 0 aliphatic heterocycles. The molecule has 2 rings (SSSR count). The second-order valence-electron chi connectivity index (χ2n) is 6.44. The third-order valence-electron chi connectivity index (χ3n) is 3.20. The van der Waals surface area contributed by atoms with Gasteiger partial charge < -0.3 is 15.2 Å². The average Bonchev–Trinajstić information content (AvgIpc) is 3.01. The number of nitrogens with one attached hydrogen (secondary N) is 2. The SMILES string of the molecule is CCNC(=NCc1ccc(Cl)cc1)NCc1noc(C(C)(C)C)n1. The molecule has 0 aliphatic rings. The summed E-state index contributed by atoms with van der Waals surface area (Å²) < 4.78 is 5.29. The van der Waals surface area contributed by atoms with Crippen LogP contribution < -0.4 is 10.6 Å². The standard InChI is InChI=1S/C17H24ClN5O/c1-5-19-16(20-10-12-6-8-13(18)9-7-12)21-11-14-22-15(24-23-14)17(2,3)4/h6-9H,5,10-11H2,1-4H3,(H2,19,20,21). The number of hydrogen-bond donors (Lipinski definition) is 2. The zero-order chi connectivity index (χ0) is 17.6. The predicted molar refractivity (Wildman–Crippen MR) is 96.1 cm³/mol. The second kappa shape index (κ2) is 8.15. The molecule has 0 fully saturated rings. The van der Waals surface area contributed by atoms with Crippen molar-refractivity contribution < 1.29 is 4.52 Å². The average molecular weight is 350 g/mol. The number of aliphatic imine (C=N–C) groups is 1. The molecule has 6 nitrogen and oxygen atoms in total. The molecule has 1 aromatic heterocycles. The lowest BCUT2D eigenvalue weighted by atomic mass is 9.97. The molecule has 130 valence electrons. The van der Waals surface area contributed by atoms with Gasteiger partial charge in [-0.1, -0.05) is 49.7 Å². The van der Waals surface area contributed by atoms with E-state index in [-0.39, 0.29) is 5.41 Å². The van der Waals surface area contributed by atoms with Gasteiger partial charge in [-0.25, -0.2) is 4.99 Å². The maximum Gasteiger partial charge on any atom is 0.232 e. The summed E-state index contributed by atoms with van der Waals surface area (Å²) in [5, 5.41) is 11.1. The van der Waals surface area contributed by atoms with Crippen LogP contribution in [-0.4, -0.2) is 22.6 Å². The summed E-state index contributed by atoms with van der Waals surface area (Å²) in [6, 6.07) is 7.65. The van der Waals surface area contributed by atoms with Crippen molar-refractivity contribution in [2.45, 2.75) is 46.2 Å². The van der Waals surface area contributed by atoms with E-state index in [1.807, 2.05) is 52.0 Å². The van der Waals surface area contributed by atoms with Crippen LogP contribution in [0.15, 0.2) is 33.8 Å². The van der Waals surface area contributed by atoms with E-state index in [9.17, 15) is 0 Å². The molecule has 7 heteroatoms. The van der Waals surface area contributed by atoms with E-state index >= 15 is 0 Å². The molecule has 0 aliphatic carbocycles. The molecular weight excluding hydrogens is 326 g/mol. The highest BCUT2D eigenvalue weighted by atomic mass is 35.5. The molecule has 2 N–H and O–H groups in total. The normalized spacial score (nSPS) is 12.3. The Balaban J connectivity index is 1.96. The minimum Gasteiger partial charge on any atom is -0.357 e. The molecule has 0 saturated heterocycles. The van der Waals surface area contributed by atoms with Crippen LogP contribution in [0.1, 0.15) is 45.0 Å². The van der Waals surface area contributed by atoms with Gasteiger partial charge in [-0.2, -0.15) is 4.98 Å². The molecule has 24 heavy (non-hydrogen) atoms. The van der Waals surface area contributed by atoms with Crippen molar-refractivity contribution in [2.24, 2.45) is 4.99 Å². The van der Waals surface area contributed by atoms with Crippen LogP contribution >= 0.6 is 11.6 Å². The first-order valence-electron chi connectivity index (χ1n) is 7.98. The Bertz CT molecular complexity index is 673. The molecule has 0 radical (unpaired) electrons. The quantitative estimate of drug-likeness (QED) is 0.640. The monoisotopic (exact) mass is 349 g/mol. The molecule has 1 heterocycles. The van der Waals surface area contributed by atoms with Gasteiger partial charge in [0.25, 0.3) is 0 Å². The summed E-state index contributed by atoms with van der Waals surface area (Å²) >= 11 is 5.89. The summed E-state index contributed by atoms with van der Waals surface area (Å²) in [7, 11) is 0. The highest BCUT2D eigenvalue weighted by molar-refractivity contribution is 6.30.